The van der Waals surface area contributed by atoms with Crippen LogP contribution in [0.3, 0.4) is 0 Å². The molecule has 112 valence electrons. The van der Waals surface area contributed by atoms with E-state index < -0.39 is 12.1 Å². The highest BCUT2D eigenvalue weighted by molar-refractivity contribution is 5.76. The Morgan fingerprint density at radius 1 is 1.20 bits per heavy atom. The first-order valence-electron chi connectivity index (χ1n) is 7.06. The third kappa shape index (κ3) is 6.65. The molecular formula is C15H24N2O3. The maximum absolute atomic E-state index is 11.6. The summed E-state index contributed by atoms with van der Waals surface area (Å²) in [5, 5.41) is 13.0. The smallest absolute Gasteiger partial charge is 0.339 e. The van der Waals surface area contributed by atoms with Crippen LogP contribution in [-0.4, -0.2) is 37.3 Å². The van der Waals surface area contributed by atoms with Gasteiger partial charge in [-0.25, -0.2) is 4.79 Å². The zero-order valence-corrected chi connectivity index (χ0v) is 11.8. The third-order valence-corrected chi connectivity index (χ3v) is 2.89. The second-order valence-electron chi connectivity index (χ2n) is 4.58. The Morgan fingerprint density at radius 3 is 2.60 bits per heavy atom. The zero-order chi connectivity index (χ0) is 14.6. The standard InChI is InChI=1S/C15H24N2O3/c16-9-4-5-10-17-11-6-12-20-15(19)14(18)13-7-2-1-3-8-13/h1-3,7-8,14,17-18H,4-6,9-12,16H2/t14-/m1/s1. The highest BCUT2D eigenvalue weighted by atomic mass is 16.5. The van der Waals surface area contributed by atoms with Crippen molar-refractivity contribution in [2.75, 3.05) is 26.2 Å². The Hall–Kier alpha value is -1.43. The fraction of sp³-hybridized carbons (Fsp3) is 0.533. The van der Waals surface area contributed by atoms with Gasteiger partial charge in [-0.3, -0.25) is 0 Å². The molecule has 0 saturated heterocycles. The van der Waals surface area contributed by atoms with Crippen LogP contribution in [0.5, 0.6) is 0 Å². The largest absolute Gasteiger partial charge is 0.463 e. The molecule has 0 aliphatic heterocycles. The van der Waals surface area contributed by atoms with E-state index >= 15 is 0 Å². The number of hydrogen-bond acceptors (Lipinski definition) is 5. The number of aliphatic hydroxyl groups is 1. The Balaban J connectivity index is 2.08. The summed E-state index contributed by atoms with van der Waals surface area (Å²) < 4.78 is 5.04. The number of hydrogen-bond donors (Lipinski definition) is 3. The minimum atomic E-state index is -1.20. The lowest BCUT2D eigenvalue weighted by molar-refractivity contribution is -0.154. The fourth-order valence-electron chi connectivity index (χ4n) is 1.74. The molecule has 0 fully saturated rings. The van der Waals surface area contributed by atoms with Gasteiger partial charge in [0.2, 0.25) is 0 Å². The average Bonchev–Trinajstić information content (AvgIpc) is 2.50. The summed E-state index contributed by atoms with van der Waals surface area (Å²) in [5.41, 5.74) is 5.94. The topological polar surface area (TPSA) is 84.6 Å². The van der Waals surface area contributed by atoms with Crippen molar-refractivity contribution >= 4 is 5.97 Å². The summed E-state index contributed by atoms with van der Waals surface area (Å²) in [6.45, 7) is 2.75. The van der Waals surface area contributed by atoms with Crippen molar-refractivity contribution in [3.63, 3.8) is 0 Å². The number of carbonyl (C=O) groups is 1. The monoisotopic (exact) mass is 280 g/mol. The molecule has 0 unspecified atom stereocenters. The maximum atomic E-state index is 11.6. The molecule has 5 nitrogen and oxygen atoms in total. The minimum absolute atomic E-state index is 0.312. The van der Waals surface area contributed by atoms with Crippen molar-refractivity contribution in [2.45, 2.75) is 25.4 Å². The molecular weight excluding hydrogens is 256 g/mol. The van der Waals surface area contributed by atoms with Crippen molar-refractivity contribution in [1.29, 1.82) is 0 Å². The molecule has 0 amide bonds. The quantitative estimate of drug-likeness (QED) is 0.439. The van der Waals surface area contributed by atoms with E-state index in [0.29, 0.717) is 12.2 Å². The lowest BCUT2D eigenvalue weighted by Crippen LogP contribution is -2.21. The summed E-state index contributed by atoms with van der Waals surface area (Å²) in [5.74, 6) is -0.598. The van der Waals surface area contributed by atoms with Crippen molar-refractivity contribution in [1.82, 2.24) is 5.32 Å². The van der Waals surface area contributed by atoms with Gasteiger partial charge in [0.1, 0.15) is 0 Å². The molecule has 5 heteroatoms. The van der Waals surface area contributed by atoms with E-state index in [-0.39, 0.29) is 0 Å². The van der Waals surface area contributed by atoms with Crippen LogP contribution in [0.4, 0.5) is 0 Å². The van der Waals surface area contributed by atoms with Gasteiger partial charge in [0.15, 0.2) is 6.10 Å². The molecule has 0 saturated carbocycles. The predicted molar refractivity (Wildman–Crippen MR) is 78.1 cm³/mol. The molecule has 1 aromatic carbocycles. The molecule has 0 heterocycles. The second kappa shape index (κ2) is 10.4. The average molecular weight is 280 g/mol. The number of aliphatic hydroxyl groups excluding tert-OH is 1. The molecule has 0 spiro atoms. The lowest BCUT2D eigenvalue weighted by Gasteiger charge is -2.11. The van der Waals surface area contributed by atoms with Gasteiger partial charge in [-0.05, 0) is 44.5 Å². The van der Waals surface area contributed by atoms with Gasteiger partial charge in [-0.2, -0.15) is 0 Å². The van der Waals surface area contributed by atoms with Crippen LogP contribution in [0, 0.1) is 0 Å². The molecule has 1 aromatic rings. The van der Waals surface area contributed by atoms with Crippen LogP contribution in [0.15, 0.2) is 30.3 Å². The number of unbranched alkanes of at least 4 members (excludes halogenated alkanes) is 1. The zero-order valence-electron chi connectivity index (χ0n) is 11.8. The number of ether oxygens (including phenoxy) is 1. The van der Waals surface area contributed by atoms with Gasteiger partial charge >= 0.3 is 5.97 Å². The van der Waals surface area contributed by atoms with Crippen LogP contribution >= 0.6 is 0 Å². The van der Waals surface area contributed by atoms with Crippen molar-refractivity contribution in [2.24, 2.45) is 5.73 Å². The van der Waals surface area contributed by atoms with Gasteiger partial charge in [-0.15, -0.1) is 0 Å². The van der Waals surface area contributed by atoms with Crippen molar-refractivity contribution in [3.05, 3.63) is 35.9 Å². The van der Waals surface area contributed by atoms with Gasteiger partial charge in [0, 0.05) is 0 Å². The van der Waals surface area contributed by atoms with E-state index in [1.165, 1.54) is 0 Å². The summed E-state index contributed by atoms with van der Waals surface area (Å²) >= 11 is 0. The number of carbonyl (C=O) groups excluding carboxylic acids is 1. The Bertz CT molecular complexity index is 371. The fourth-order valence-corrected chi connectivity index (χ4v) is 1.74. The molecule has 1 rings (SSSR count). The van der Waals surface area contributed by atoms with E-state index in [9.17, 15) is 9.90 Å². The van der Waals surface area contributed by atoms with Gasteiger partial charge in [0.05, 0.1) is 6.61 Å². The van der Waals surface area contributed by atoms with Crippen LogP contribution in [0.1, 0.15) is 30.9 Å². The van der Waals surface area contributed by atoms with Gasteiger partial charge in [0.25, 0.3) is 0 Å². The first kappa shape index (κ1) is 16.6. The molecule has 0 aliphatic carbocycles. The van der Waals surface area contributed by atoms with Gasteiger partial charge < -0.3 is 20.9 Å². The maximum Gasteiger partial charge on any atom is 0.339 e. The van der Waals surface area contributed by atoms with E-state index in [1.54, 1.807) is 24.3 Å². The molecule has 4 N–H and O–H groups in total. The SMILES string of the molecule is NCCCCNCCCOC(=O)[C@H](O)c1ccccc1. The van der Waals surface area contributed by atoms with E-state index in [0.717, 1.165) is 38.9 Å². The highest BCUT2D eigenvalue weighted by Crippen LogP contribution is 2.13. The van der Waals surface area contributed by atoms with Crippen molar-refractivity contribution in [3.8, 4) is 0 Å². The number of benzene rings is 1. The van der Waals surface area contributed by atoms with Crippen LogP contribution < -0.4 is 11.1 Å². The lowest BCUT2D eigenvalue weighted by atomic mass is 10.1. The molecule has 0 radical (unpaired) electrons. The third-order valence-electron chi connectivity index (χ3n) is 2.89. The summed E-state index contributed by atoms with van der Waals surface area (Å²) in [6.07, 6.45) is 1.61. The van der Waals surface area contributed by atoms with E-state index in [2.05, 4.69) is 5.32 Å². The van der Waals surface area contributed by atoms with Crippen molar-refractivity contribution < 1.29 is 14.6 Å². The number of nitrogens with two attached hydrogens (primary N) is 1. The Labute approximate surface area is 120 Å². The summed E-state index contributed by atoms with van der Waals surface area (Å²) in [7, 11) is 0. The second-order valence-corrected chi connectivity index (χ2v) is 4.58. The number of rotatable bonds is 10. The number of esters is 1. The van der Waals surface area contributed by atoms with Crippen LogP contribution in [-0.2, 0) is 9.53 Å². The summed E-state index contributed by atoms with van der Waals surface area (Å²) in [6, 6.07) is 8.78. The van der Waals surface area contributed by atoms with Crippen LogP contribution in [0.2, 0.25) is 0 Å². The highest BCUT2D eigenvalue weighted by Gasteiger charge is 2.17. The number of nitrogens with one attached hydrogen (secondary N) is 1. The Kier molecular flexibility index (Phi) is 8.62. The van der Waals surface area contributed by atoms with Gasteiger partial charge in [-0.1, -0.05) is 30.3 Å². The molecule has 0 bridgehead atoms. The molecule has 0 aromatic heterocycles. The van der Waals surface area contributed by atoms with Crippen LogP contribution in [0.25, 0.3) is 0 Å². The predicted octanol–water partition coefficient (Wildman–Crippen LogP) is 0.982. The first-order valence-corrected chi connectivity index (χ1v) is 7.06. The molecule has 1 atom stereocenters. The molecule has 0 aliphatic rings. The normalized spacial score (nSPS) is 12.1. The Morgan fingerprint density at radius 2 is 1.90 bits per heavy atom. The van der Waals surface area contributed by atoms with E-state index in [4.69, 9.17) is 10.5 Å². The minimum Gasteiger partial charge on any atom is -0.463 e. The molecule has 20 heavy (non-hydrogen) atoms. The van der Waals surface area contributed by atoms with E-state index in [1.807, 2.05) is 6.07 Å². The first-order chi connectivity index (χ1) is 9.75. The summed E-state index contributed by atoms with van der Waals surface area (Å²) in [4.78, 5) is 11.6.